The van der Waals surface area contributed by atoms with Crippen molar-refractivity contribution >= 4 is 6.47 Å². The summed E-state index contributed by atoms with van der Waals surface area (Å²) >= 11 is 0. The number of hydrogen-bond donors (Lipinski definition) is 0. The minimum atomic E-state index is 0.455. The Hall–Kier alpha value is -0.790. The zero-order valence-corrected chi connectivity index (χ0v) is 12.0. The molecule has 2 nitrogen and oxygen atoms in total. The van der Waals surface area contributed by atoms with Crippen LogP contribution in [0.25, 0.3) is 0 Å². The third-order valence-electron chi connectivity index (χ3n) is 3.20. The fourth-order valence-electron chi connectivity index (χ4n) is 2.08. The van der Waals surface area contributed by atoms with Crippen molar-refractivity contribution in [2.45, 2.75) is 84.0 Å². The van der Waals surface area contributed by atoms with Crippen LogP contribution in [0.3, 0.4) is 0 Å². The second-order valence-electron chi connectivity index (χ2n) is 4.93. The molecule has 0 saturated heterocycles. The topological polar surface area (TPSA) is 26.3 Å². The standard InChI is InChI=1S/C16H30O2/c1-2-3-4-5-6-7-8-9-10-11-12-13-14-15-18-16-17/h14-16H,2-13H2,1H3/b15-14+. The summed E-state index contributed by atoms with van der Waals surface area (Å²) in [7, 11) is 0. The quantitative estimate of drug-likeness (QED) is 0.236. The fourth-order valence-corrected chi connectivity index (χ4v) is 2.08. The lowest BCUT2D eigenvalue weighted by atomic mass is 10.1. The molecule has 0 amide bonds. The predicted octanol–water partition coefficient (Wildman–Crippen LogP) is 5.37. The molecule has 0 aliphatic heterocycles. The van der Waals surface area contributed by atoms with Gasteiger partial charge in [-0.25, -0.2) is 0 Å². The number of carbonyl (C=O) groups excluding carboxylic acids is 1. The fraction of sp³-hybridized carbons (Fsp3) is 0.812. The van der Waals surface area contributed by atoms with Crippen molar-refractivity contribution in [2.75, 3.05) is 0 Å². The van der Waals surface area contributed by atoms with E-state index in [-0.39, 0.29) is 0 Å². The molecule has 0 rings (SSSR count). The zero-order valence-electron chi connectivity index (χ0n) is 12.0. The first-order chi connectivity index (χ1) is 8.91. The molecule has 106 valence electrons. The van der Waals surface area contributed by atoms with Crippen molar-refractivity contribution in [3.8, 4) is 0 Å². The van der Waals surface area contributed by atoms with Crippen LogP contribution >= 0.6 is 0 Å². The smallest absolute Gasteiger partial charge is 0.297 e. The van der Waals surface area contributed by atoms with E-state index in [1.807, 2.05) is 6.08 Å². The number of allylic oxidation sites excluding steroid dienone is 1. The molecule has 0 N–H and O–H groups in total. The maximum Gasteiger partial charge on any atom is 0.297 e. The second-order valence-corrected chi connectivity index (χ2v) is 4.93. The van der Waals surface area contributed by atoms with Gasteiger partial charge in [0, 0.05) is 0 Å². The molecular formula is C16H30O2. The first-order valence-electron chi connectivity index (χ1n) is 7.66. The molecule has 0 fully saturated rings. The monoisotopic (exact) mass is 254 g/mol. The van der Waals surface area contributed by atoms with Crippen LogP contribution in [0.1, 0.15) is 84.0 Å². The van der Waals surface area contributed by atoms with E-state index in [0.29, 0.717) is 6.47 Å². The summed E-state index contributed by atoms with van der Waals surface area (Å²) in [6, 6.07) is 0. The number of carbonyl (C=O) groups is 1. The lowest BCUT2D eigenvalue weighted by Crippen LogP contribution is -1.82. The normalized spacial score (nSPS) is 10.9. The number of unbranched alkanes of at least 4 members (excludes halogenated alkanes) is 11. The number of hydrogen-bond acceptors (Lipinski definition) is 2. The highest BCUT2D eigenvalue weighted by Gasteiger charge is 1.92. The minimum absolute atomic E-state index is 0.455. The highest BCUT2D eigenvalue weighted by atomic mass is 16.5. The average molecular weight is 254 g/mol. The maximum atomic E-state index is 9.85. The van der Waals surface area contributed by atoms with E-state index in [2.05, 4.69) is 11.7 Å². The summed E-state index contributed by atoms with van der Waals surface area (Å²) in [4.78, 5) is 9.85. The Labute approximate surface area is 113 Å². The zero-order chi connectivity index (χ0) is 13.3. The first kappa shape index (κ1) is 17.2. The highest BCUT2D eigenvalue weighted by molar-refractivity contribution is 5.38. The molecular weight excluding hydrogens is 224 g/mol. The molecule has 0 bridgehead atoms. The van der Waals surface area contributed by atoms with Gasteiger partial charge in [0.2, 0.25) is 0 Å². The van der Waals surface area contributed by atoms with Crippen molar-refractivity contribution < 1.29 is 9.53 Å². The third kappa shape index (κ3) is 15.2. The van der Waals surface area contributed by atoms with E-state index < -0.39 is 0 Å². The molecule has 0 radical (unpaired) electrons. The maximum absolute atomic E-state index is 9.85. The number of ether oxygens (including phenoxy) is 1. The van der Waals surface area contributed by atoms with Crippen molar-refractivity contribution in [2.24, 2.45) is 0 Å². The van der Waals surface area contributed by atoms with Gasteiger partial charge < -0.3 is 4.74 Å². The van der Waals surface area contributed by atoms with E-state index in [1.165, 1.54) is 76.9 Å². The van der Waals surface area contributed by atoms with Gasteiger partial charge in [-0.15, -0.1) is 0 Å². The Balaban J connectivity index is 2.96. The predicted molar refractivity (Wildman–Crippen MR) is 77.4 cm³/mol. The van der Waals surface area contributed by atoms with E-state index >= 15 is 0 Å². The molecule has 2 heteroatoms. The molecule has 0 spiro atoms. The lowest BCUT2D eigenvalue weighted by Gasteiger charge is -2.01. The van der Waals surface area contributed by atoms with Crippen LogP contribution in [0, 0.1) is 0 Å². The Morgan fingerprint density at radius 3 is 1.78 bits per heavy atom. The van der Waals surface area contributed by atoms with Crippen LogP contribution in [-0.2, 0) is 9.53 Å². The Morgan fingerprint density at radius 1 is 0.778 bits per heavy atom. The molecule has 0 aromatic heterocycles. The van der Waals surface area contributed by atoms with Crippen LogP contribution in [0.4, 0.5) is 0 Å². The Morgan fingerprint density at radius 2 is 1.28 bits per heavy atom. The summed E-state index contributed by atoms with van der Waals surface area (Å²) in [5.41, 5.74) is 0. The molecule has 0 aliphatic carbocycles. The summed E-state index contributed by atoms with van der Waals surface area (Å²) < 4.78 is 4.47. The van der Waals surface area contributed by atoms with Gasteiger partial charge in [-0.3, -0.25) is 4.79 Å². The van der Waals surface area contributed by atoms with Gasteiger partial charge in [-0.1, -0.05) is 71.1 Å². The summed E-state index contributed by atoms with van der Waals surface area (Å²) in [6.45, 7) is 2.72. The van der Waals surface area contributed by atoms with E-state index in [0.717, 1.165) is 6.42 Å². The molecule has 0 atom stereocenters. The number of rotatable bonds is 14. The van der Waals surface area contributed by atoms with Gasteiger partial charge in [-0.05, 0) is 18.9 Å². The van der Waals surface area contributed by atoms with Crippen LogP contribution in [0.15, 0.2) is 12.3 Å². The third-order valence-corrected chi connectivity index (χ3v) is 3.20. The lowest BCUT2D eigenvalue weighted by molar-refractivity contribution is -0.123. The minimum Gasteiger partial charge on any atom is -0.437 e. The molecule has 0 aromatic rings. The van der Waals surface area contributed by atoms with Crippen LogP contribution in [0.5, 0.6) is 0 Å². The summed E-state index contributed by atoms with van der Waals surface area (Å²) in [5, 5.41) is 0. The van der Waals surface area contributed by atoms with Crippen LogP contribution in [0.2, 0.25) is 0 Å². The summed E-state index contributed by atoms with van der Waals surface area (Å²) in [5.74, 6) is 0. The second kappa shape index (κ2) is 16.2. The van der Waals surface area contributed by atoms with E-state index in [9.17, 15) is 4.79 Å². The van der Waals surface area contributed by atoms with Crippen LogP contribution < -0.4 is 0 Å². The average Bonchev–Trinajstić information content (AvgIpc) is 2.39. The molecule has 0 aliphatic rings. The van der Waals surface area contributed by atoms with Crippen molar-refractivity contribution in [1.82, 2.24) is 0 Å². The highest BCUT2D eigenvalue weighted by Crippen LogP contribution is 2.11. The van der Waals surface area contributed by atoms with Gasteiger partial charge in [0.15, 0.2) is 0 Å². The summed E-state index contributed by atoms with van der Waals surface area (Å²) in [6.07, 6.45) is 19.5. The molecule has 18 heavy (non-hydrogen) atoms. The van der Waals surface area contributed by atoms with Crippen molar-refractivity contribution in [3.05, 3.63) is 12.3 Å². The Kier molecular flexibility index (Phi) is 15.5. The van der Waals surface area contributed by atoms with Crippen molar-refractivity contribution in [1.29, 1.82) is 0 Å². The van der Waals surface area contributed by atoms with Gasteiger partial charge in [0.05, 0.1) is 6.26 Å². The SMILES string of the molecule is CCCCCCCCCCCCC/C=C/OC=O. The van der Waals surface area contributed by atoms with E-state index in [1.54, 1.807) is 0 Å². The van der Waals surface area contributed by atoms with Gasteiger partial charge in [0.1, 0.15) is 0 Å². The van der Waals surface area contributed by atoms with Gasteiger partial charge in [0.25, 0.3) is 6.47 Å². The van der Waals surface area contributed by atoms with Gasteiger partial charge in [-0.2, -0.15) is 0 Å². The molecule has 0 saturated carbocycles. The first-order valence-corrected chi connectivity index (χ1v) is 7.66. The van der Waals surface area contributed by atoms with E-state index in [4.69, 9.17) is 0 Å². The molecule has 0 unspecified atom stereocenters. The van der Waals surface area contributed by atoms with Crippen LogP contribution in [-0.4, -0.2) is 6.47 Å². The molecule has 0 heterocycles. The van der Waals surface area contributed by atoms with Gasteiger partial charge >= 0.3 is 0 Å². The van der Waals surface area contributed by atoms with Crippen molar-refractivity contribution in [3.63, 3.8) is 0 Å². The Bertz CT molecular complexity index is 188. The molecule has 0 aromatic carbocycles. The largest absolute Gasteiger partial charge is 0.437 e.